The molecule has 4 heteroatoms. The second kappa shape index (κ2) is 9.46. The van der Waals surface area contributed by atoms with E-state index in [0.29, 0.717) is 19.0 Å². The van der Waals surface area contributed by atoms with E-state index in [0.717, 1.165) is 25.7 Å². The zero-order valence-corrected chi connectivity index (χ0v) is 13.3. The number of carbonyl (C=O) groups excluding carboxylic acids is 1. The van der Waals surface area contributed by atoms with Crippen molar-refractivity contribution in [1.82, 2.24) is 10.6 Å². The van der Waals surface area contributed by atoms with Gasteiger partial charge in [-0.2, -0.15) is 0 Å². The van der Waals surface area contributed by atoms with Crippen LogP contribution in [0.3, 0.4) is 0 Å². The van der Waals surface area contributed by atoms with E-state index in [-0.39, 0.29) is 6.03 Å². The van der Waals surface area contributed by atoms with Gasteiger partial charge >= 0.3 is 6.03 Å². The lowest BCUT2D eigenvalue weighted by Crippen LogP contribution is -2.42. The van der Waals surface area contributed by atoms with Crippen LogP contribution in [0.2, 0.25) is 0 Å². The first kappa shape index (κ1) is 16.8. The molecule has 3 N–H and O–H groups in total. The van der Waals surface area contributed by atoms with Gasteiger partial charge in [0.25, 0.3) is 0 Å². The van der Waals surface area contributed by atoms with Crippen LogP contribution in [0, 0.1) is 5.92 Å². The van der Waals surface area contributed by atoms with E-state index in [1.165, 1.54) is 24.8 Å². The van der Waals surface area contributed by atoms with E-state index >= 15 is 0 Å². The van der Waals surface area contributed by atoms with E-state index in [1.54, 1.807) is 0 Å². The van der Waals surface area contributed by atoms with Crippen LogP contribution in [-0.2, 0) is 6.42 Å². The molecule has 2 rings (SSSR count). The van der Waals surface area contributed by atoms with Crippen LogP contribution in [0.5, 0.6) is 0 Å². The van der Waals surface area contributed by atoms with Crippen LogP contribution < -0.4 is 10.6 Å². The topological polar surface area (TPSA) is 61.4 Å². The molecule has 1 saturated carbocycles. The summed E-state index contributed by atoms with van der Waals surface area (Å²) in [6.45, 7) is 1.01. The number of benzene rings is 1. The number of aryl methyl sites for hydroxylation is 1. The van der Waals surface area contributed by atoms with Gasteiger partial charge in [-0.1, -0.05) is 49.6 Å². The Morgan fingerprint density at radius 2 is 1.86 bits per heavy atom. The van der Waals surface area contributed by atoms with Gasteiger partial charge in [0.1, 0.15) is 0 Å². The van der Waals surface area contributed by atoms with Crippen molar-refractivity contribution in [2.45, 2.75) is 51.0 Å². The molecule has 1 aliphatic carbocycles. The molecule has 1 unspecified atom stereocenters. The van der Waals surface area contributed by atoms with Crippen molar-refractivity contribution < 1.29 is 9.90 Å². The fourth-order valence-electron chi connectivity index (χ4n) is 3.08. The number of hydrogen-bond acceptors (Lipinski definition) is 2. The Morgan fingerprint density at radius 1 is 1.14 bits per heavy atom. The molecule has 0 heterocycles. The Bertz CT molecular complexity index is 430. The Hall–Kier alpha value is -1.55. The number of hydrogen-bond donors (Lipinski definition) is 3. The first-order chi connectivity index (χ1) is 10.8. The molecular formula is C18H28N2O2. The number of nitrogens with one attached hydrogen (secondary N) is 2. The number of urea groups is 1. The lowest BCUT2D eigenvalue weighted by atomic mass is 9.85. The molecule has 0 aromatic heterocycles. The summed E-state index contributed by atoms with van der Waals surface area (Å²) in [6, 6.07) is 10.1. The standard InChI is InChI=1S/C18H28N2O2/c21-17(16-11-5-2-6-12-16)14-20-18(22)19-13-7-10-15-8-3-1-4-9-15/h1,3-4,8-9,16-17,21H,2,5-7,10-14H2,(H2,19,20,22). The molecular weight excluding hydrogens is 276 g/mol. The van der Waals surface area contributed by atoms with Gasteiger partial charge in [-0.05, 0) is 37.2 Å². The summed E-state index contributed by atoms with van der Waals surface area (Å²) in [4.78, 5) is 11.7. The Kier molecular flexibility index (Phi) is 7.23. The smallest absolute Gasteiger partial charge is 0.314 e. The van der Waals surface area contributed by atoms with Gasteiger partial charge in [-0.3, -0.25) is 0 Å². The maximum Gasteiger partial charge on any atom is 0.314 e. The highest BCUT2D eigenvalue weighted by atomic mass is 16.3. The van der Waals surface area contributed by atoms with E-state index < -0.39 is 6.10 Å². The minimum Gasteiger partial charge on any atom is -0.391 e. The Labute approximate surface area is 133 Å². The van der Waals surface area contributed by atoms with Crippen LogP contribution in [-0.4, -0.2) is 30.3 Å². The van der Waals surface area contributed by atoms with Crippen LogP contribution in [0.4, 0.5) is 4.79 Å². The predicted octanol–water partition coefficient (Wildman–Crippen LogP) is 2.86. The lowest BCUT2D eigenvalue weighted by molar-refractivity contribution is 0.0858. The number of aliphatic hydroxyl groups excluding tert-OH is 1. The molecule has 0 aliphatic heterocycles. The molecule has 0 radical (unpaired) electrons. The number of aliphatic hydroxyl groups is 1. The summed E-state index contributed by atoms with van der Waals surface area (Å²) in [6.07, 6.45) is 7.33. The van der Waals surface area contributed by atoms with Crippen LogP contribution in [0.15, 0.2) is 30.3 Å². The summed E-state index contributed by atoms with van der Waals surface area (Å²) in [5.41, 5.74) is 1.29. The van der Waals surface area contributed by atoms with Crippen molar-refractivity contribution in [1.29, 1.82) is 0 Å². The highest BCUT2D eigenvalue weighted by Crippen LogP contribution is 2.26. The first-order valence-electron chi connectivity index (χ1n) is 8.49. The Morgan fingerprint density at radius 3 is 2.59 bits per heavy atom. The summed E-state index contributed by atoms with van der Waals surface area (Å²) >= 11 is 0. The molecule has 1 aromatic carbocycles. The maximum atomic E-state index is 11.7. The van der Waals surface area contributed by atoms with Crippen molar-refractivity contribution in [2.75, 3.05) is 13.1 Å². The highest BCUT2D eigenvalue weighted by Gasteiger charge is 2.21. The van der Waals surface area contributed by atoms with Gasteiger partial charge in [0.15, 0.2) is 0 Å². The zero-order chi connectivity index (χ0) is 15.6. The summed E-state index contributed by atoms with van der Waals surface area (Å²) < 4.78 is 0. The van der Waals surface area contributed by atoms with Crippen LogP contribution in [0.25, 0.3) is 0 Å². The molecule has 1 aliphatic rings. The molecule has 1 atom stereocenters. The fraction of sp³-hybridized carbons (Fsp3) is 0.611. The van der Waals surface area contributed by atoms with Gasteiger partial charge in [0.2, 0.25) is 0 Å². The lowest BCUT2D eigenvalue weighted by Gasteiger charge is -2.26. The van der Waals surface area contributed by atoms with E-state index in [9.17, 15) is 9.90 Å². The largest absolute Gasteiger partial charge is 0.391 e. The third-order valence-electron chi connectivity index (χ3n) is 4.44. The monoisotopic (exact) mass is 304 g/mol. The van der Waals surface area contributed by atoms with Crippen molar-refractivity contribution in [3.63, 3.8) is 0 Å². The number of amides is 2. The minimum absolute atomic E-state index is 0.178. The van der Waals surface area contributed by atoms with Gasteiger partial charge in [0.05, 0.1) is 6.10 Å². The van der Waals surface area contributed by atoms with Gasteiger partial charge in [-0.25, -0.2) is 4.79 Å². The van der Waals surface area contributed by atoms with Crippen molar-refractivity contribution >= 4 is 6.03 Å². The third-order valence-corrected chi connectivity index (χ3v) is 4.44. The molecule has 1 aromatic rings. The van der Waals surface area contributed by atoms with Crippen molar-refractivity contribution in [3.8, 4) is 0 Å². The second-order valence-electron chi connectivity index (χ2n) is 6.19. The first-order valence-corrected chi connectivity index (χ1v) is 8.49. The maximum absolute atomic E-state index is 11.7. The molecule has 2 amide bonds. The molecule has 1 fully saturated rings. The quantitative estimate of drug-likeness (QED) is 0.678. The molecule has 4 nitrogen and oxygen atoms in total. The van der Waals surface area contributed by atoms with Gasteiger partial charge in [-0.15, -0.1) is 0 Å². The van der Waals surface area contributed by atoms with Gasteiger partial charge in [0, 0.05) is 13.1 Å². The van der Waals surface area contributed by atoms with Crippen LogP contribution >= 0.6 is 0 Å². The third kappa shape index (κ3) is 6.06. The summed E-state index contributed by atoms with van der Waals surface area (Å²) in [7, 11) is 0. The molecule has 0 saturated heterocycles. The van der Waals surface area contributed by atoms with E-state index in [1.807, 2.05) is 18.2 Å². The zero-order valence-electron chi connectivity index (χ0n) is 13.3. The van der Waals surface area contributed by atoms with Crippen LogP contribution in [0.1, 0.15) is 44.1 Å². The number of rotatable bonds is 7. The average molecular weight is 304 g/mol. The molecule has 22 heavy (non-hydrogen) atoms. The van der Waals surface area contributed by atoms with Crippen molar-refractivity contribution in [3.05, 3.63) is 35.9 Å². The van der Waals surface area contributed by atoms with Crippen molar-refractivity contribution in [2.24, 2.45) is 5.92 Å². The second-order valence-corrected chi connectivity index (χ2v) is 6.19. The van der Waals surface area contributed by atoms with E-state index in [2.05, 4.69) is 22.8 Å². The number of carbonyl (C=O) groups is 1. The molecule has 122 valence electrons. The summed E-state index contributed by atoms with van der Waals surface area (Å²) in [5.74, 6) is 0.354. The minimum atomic E-state index is -0.407. The fourth-order valence-corrected chi connectivity index (χ4v) is 3.08. The van der Waals surface area contributed by atoms with E-state index in [4.69, 9.17) is 0 Å². The summed E-state index contributed by atoms with van der Waals surface area (Å²) in [5, 5.41) is 15.7. The predicted molar refractivity (Wildman–Crippen MR) is 88.7 cm³/mol. The SMILES string of the molecule is O=C(NCCCc1ccccc1)NCC(O)C1CCCCC1. The highest BCUT2D eigenvalue weighted by molar-refractivity contribution is 5.73. The molecule has 0 bridgehead atoms. The average Bonchev–Trinajstić information content (AvgIpc) is 2.58. The van der Waals surface area contributed by atoms with Gasteiger partial charge < -0.3 is 15.7 Å². The normalized spacial score (nSPS) is 17.0. The Balaban J connectivity index is 1.54. The molecule has 0 spiro atoms.